The molecule has 2 aliphatic heterocycles. The Morgan fingerprint density at radius 2 is 1.88 bits per heavy atom. The van der Waals surface area contributed by atoms with Crippen molar-refractivity contribution in [1.29, 1.82) is 0 Å². The Morgan fingerprint density at radius 1 is 1.14 bits per heavy atom. The van der Waals surface area contributed by atoms with Gasteiger partial charge in [-0.1, -0.05) is 60.5 Å². The lowest BCUT2D eigenvalue weighted by Crippen LogP contribution is -2.56. The standard InChI is InChI=1S/C31H42N4O7/c1-20(21-13-9-8-10-14-21)34-42-23-17-25-26(36)33-31(28(38)39)18-22(31)15-11-6-5-7-12-16-24(27(37)35(25)19-23)32-29(40)41-30(2,3)4/h8-11,13-15,22-25H,5-7,12,16-19H2,1-4H3,(H,32,40)(H,33,36)(H,38,39)/b15-11-,34-20+/t22-,23-,24+,25+,31+/m1/s1. The Morgan fingerprint density at radius 3 is 2.57 bits per heavy atom. The van der Waals surface area contributed by atoms with Crippen LogP contribution in [0.5, 0.6) is 0 Å². The molecule has 1 saturated heterocycles. The van der Waals surface area contributed by atoms with Crippen LogP contribution in [0, 0.1) is 5.92 Å². The van der Waals surface area contributed by atoms with Crippen molar-refractivity contribution in [1.82, 2.24) is 15.5 Å². The molecule has 0 aromatic heterocycles. The minimum atomic E-state index is -1.41. The third kappa shape index (κ3) is 7.68. The van der Waals surface area contributed by atoms with E-state index in [0.29, 0.717) is 18.6 Å². The van der Waals surface area contributed by atoms with Crippen molar-refractivity contribution in [2.75, 3.05) is 6.54 Å². The molecule has 1 aromatic carbocycles. The fourth-order valence-electron chi connectivity index (χ4n) is 5.47. The van der Waals surface area contributed by atoms with E-state index in [0.717, 1.165) is 24.8 Å². The average molecular weight is 583 g/mol. The van der Waals surface area contributed by atoms with E-state index in [9.17, 15) is 24.3 Å². The van der Waals surface area contributed by atoms with Gasteiger partial charge in [0.05, 0.1) is 12.3 Å². The van der Waals surface area contributed by atoms with Crippen molar-refractivity contribution in [2.24, 2.45) is 11.1 Å². The molecule has 42 heavy (non-hydrogen) atoms. The first-order valence-corrected chi connectivity index (χ1v) is 14.7. The van der Waals surface area contributed by atoms with Crippen LogP contribution in [-0.4, -0.2) is 75.5 Å². The maximum atomic E-state index is 14.0. The van der Waals surface area contributed by atoms with Gasteiger partial charge in [-0.25, -0.2) is 9.59 Å². The smallest absolute Gasteiger partial charge is 0.408 e. The summed E-state index contributed by atoms with van der Waals surface area (Å²) in [5, 5.41) is 19.7. The molecule has 3 N–H and O–H groups in total. The predicted octanol–water partition coefficient (Wildman–Crippen LogP) is 3.77. The topological polar surface area (TPSA) is 147 Å². The number of carboxylic acids is 1. The zero-order valence-corrected chi connectivity index (χ0v) is 24.8. The first kappa shape index (κ1) is 31.1. The van der Waals surface area contributed by atoms with Gasteiger partial charge in [0.25, 0.3) is 0 Å². The minimum absolute atomic E-state index is 0.0540. The minimum Gasteiger partial charge on any atom is -0.479 e. The Hall–Kier alpha value is -3.89. The van der Waals surface area contributed by atoms with Crippen LogP contribution in [0.4, 0.5) is 4.79 Å². The number of rotatable bonds is 5. The van der Waals surface area contributed by atoms with E-state index >= 15 is 0 Å². The third-order valence-corrected chi connectivity index (χ3v) is 7.84. The number of hydrogen-bond donors (Lipinski definition) is 3. The van der Waals surface area contributed by atoms with Crippen LogP contribution in [-0.2, 0) is 24.0 Å². The second-order valence-corrected chi connectivity index (χ2v) is 12.4. The quantitative estimate of drug-likeness (QED) is 0.272. The summed E-state index contributed by atoms with van der Waals surface area (Å²) in [6, 6.07) is 7.55. The van der Waals surface area contributed by atoms with Gasteiger partial charge in [-0.3, -0.25) is 9.59 Å². The number of nitrogens with one attached hydrogen (secondary N) is 2. The lowest BCUT2D eigenvalue weighted by atomic mass is 10.0. The summed E-state index contributed by atoms with van der Waals surface area (Å²) < 4.78 is 5.42. The van der Waals surface area contributed by atoms with E-state index in [-0.39, 0.29) is 25.3 Å². The number of benzene rings is 1. The fourth-order valence-corrected chi connectivity index (χ4v) is 5.47. The first-order chi connectivity index (χ1) is 19.9. The lowest BCUT2D eigenvalue weighted by Gasteiger charge is -2.30. The number of alkyl carbamates (subject to hydrolysis) is 1. The number of ether oxygens (including phenoxy) is 1. The molecule has 1 aromatic rings. The summed E-state index contributed by atoms with van der Waals surface area (Å²) >= 11 is 0. The van der Waals surface area contributed by atoms with Crippen LogP contribution in [0.25, 0.3) is 0 Å². The van der Waals surface area contributed by atoms with Crippen LogP contribution in [0.3, 0.4) is 0 Å². The Bertz CT molecular complexity index is 1230. The van der Waals surface area contributed by atoms with Crippen LogP contribution in [0.1, 0.15) is 78.2 Å². The van der Waals surface area contributed by atoms with Gasteiger partial charge < -0.3 is 30.2 Å². The maximum absolute atomic E-state index is 14.0. The first-order valence-electron chi connectivity index (χ1n) is 14.7. The van der Waals surface area contributed by atoms with Gasteiger partial charge in [0, 0.05) is 12.3 Å². The largest absolute Gasteiger partial charge is 0.479 e. The molecule has 1 saturated carbocycles. The zero-order chi connectivity index (χ0) is 30.5. The van der Waals surface area contributed by atoms with E-state index in [4.69, 9.17) is 9.57 Å². The molecule has 0 bridgehead atoms. The summed E-state index contributed by atoms with van der Waals surface area (Å²) in [5.74, 6) is -2.43. The molecule has 11 nitrogen and oxygen atoms in total. The monoisotopic (exact) mass is 582 g/mol. The molecule has 3 aliphatic rings. The number of carboxylic acid groups (broad SMARTS) is 1. The zero-order valence-electron chi connectivity index (χ0n) is 24.8. The Labute approximate surface area is 246 Å². The van der Waals surface area contributed by atoms with Crippen molar-refractivity contribution in [2.45, 2.75) is 102 Å². The number of amides is 3. The average Bonchev–Trinajstić information content (AvgIpc) is 3.45. The fraction of sp³-hybridized carbons (Fsp3) is 0.581. The summed E-state index contributed by atoms with van der Waals surface area (Å²) in [5.41, 5.74) is -0.651. The van der Waals surface area contributed by atoms with Crippen LogP contribution >= 0.6 is 0 Å². The van der Waals surface area contributed by atoms with Gasteiger partial charge in [0.2, 0.25) is 11.8 Å². The summed E-state index contributed by atoms with van der Waals surface area (Å²) in [6.45, 7) is 7.07. The molecule has 2 fully saturated rings. The summed E-state index contributed by atoms with van der Waals surface area (Å²) in [6.07, 6.45) is 6.37. The molecule has 2 heterocycles. The van der Waals surface area contributed by atoms with Crippen molar-refractivity contribution in [3.8, 4) is 0 Å². The highest BCUT2D eigenvalue weighted by molar-refractivity contribution is 5.98. The van der Waals surface area contributed by atoms with Crippen LogP contribution in [0.2, 0.25) is 0 Å². The van der Waals surface area contributed by atoms with Gasteiger partial charge in [-0.05, 0) is 58.9 Å². The summed E-state index contributed by atoms with van der Waals surface area (Å²) in [7, 11) is 0. The highest BCUT2D eigenvalue weighted by Crippen LogP contribution is 2.45. The molecular weight excluding hydrogens is 540 g/mol. The molecule has 1 aliphatic carbocycles. The second-order valence-electron chi connectivity index (χ2n) is 12.4. The lowest BCUT2D eigenvalue weighted by molar-refractivity contribution is -0.145. The molecule has 11 heteroatoms. The van der Waals surface area contributed by atoms with Crippen LogP contribution < -0.4 is 10.6 Å². The van der Waals surface area contributed by atoms with Crippen molar-refractivity contribution >= 4 is 29.6 Å². The highest BCUT2D eigenvalue weighted by Gasteiger charge is 2.61. The van der Waals surface area contributed by atoms with E-state index in [1.165, 1.54) is 4.90 Å². The molecule has 4 rings (SSSR count). The van der Waals surface area contributed by atoms with E-state index < -0.39 is 53.2 Å². The molecule has 0 radical (unpaired) electrons. The van der Waals surface area contributed by atoms with Crippen molar-refractivity contribution in [3.05, 3.63) is 48.0 Å². The number of allylic oxidation sites excluding steroid dienone is 1. The van der Waals surface area contributed by atoms with Crippen molar-refractivity contribution in [3.63, 3.8) is 0 Å². The van der Waals surface area contributed by atoms with E-state index in [2.05, 4.69) is 15.8 Å². The van der Waals surface area contributed by atoms with Crippen LogP contribution in [0.15, 0.2) is 47.6 Å². The number of hydrogen-bond acceptors (Lipinski definition) is 7. The van der Waals surface area contributed by atoms with Gasteiger partial charge in [-0.15, -0.1) is 0 Å². The third-order valence-electron chi connectivity index (χ3n) is 7.84. The SMILES string of the molecule is C/C(=N\O[C@@H]1C[C@H]2C(=O)N[C@@]3(C(=O)O)C[C@H]3/C=C\CCCCC[C@H](NC(=O)OC(C)(C)C)C(=O)N2C1)c1ccccc1. The van der Waals surface area contributed by atoms with Gasteiger partial charge in [0.1, 0.15) is 29.3 Å². The molecule has 0 unspecified atom stereocenters. The van der Waals surface area contributed by atoms with E-state index in [1.54, 1.807) is 27.7 Å². The normalized spacial score (nSPS) is 29.6. The van der Waals surface area contributed by atoms with E-state index in [1.807, 2.05) is 42.5 Å². The molecule has 5 atom stereocenters. The number of carbonyl (C=O) groups excluding carboxylic acids is 3. The van der Waals surface area contributed by atoms with Crippen molar-refractivity contribution < 1.29 is 33.9 Å². The number of nitrogens with zero attached hydrogens (tertiary/aromatic N) is 2. The Kier molecular flexibility index (Phi) is 9.58. The number of oxime groups is 1. The highest BCUT2D eigenvalue weighted by atomic mass is 16.6. The second kappa shape index (κ2) is 13.0. The number of aliphatic carboxylic acids is 1. The Balaban J connectivity index is 1.59. The van der Waals surface area contributed by atoms with Gasteiger partial charge in [-0.2, -0.15) is 0 Å². The number of carbonyl (C=O) groups is 4. The summed E-state index contributed by atoms with van der Waals surface area (Å²) in [4.78, 5) is 59.8. The number of fused-ring (bicyclic) bond motifs is 2. The predicted molar refractivity (Wildman–Crippen MR) is 156 cm³/mol. The molecular formula is C31H42N4O7. The maximum Gasteiger partial charge on any atom is 0.408 e. The molecule has 0 spiro atoms. The molecule has 228 valence electrons. The van der Waals surface area contributed by atoms with Gasteiger partial charge >= 0.3 is 12.1 Å². The molecule has 3 amide bonds. The van der Waals surface area contributed by atoms with Gasteiger partial charge in [0.15, 0.2) is 0 Å².